The summed E-state index contributed by atoms with van der Waals surface area (Å²) in [5.74, 6) is -0.504. The fourth-order valence-corrected chi connectivity index (χ4v) is 2.45. The molecule has 0 saturated carbocycles. The SMILES string of the molecule is CCOc1ccccc1/C=C/C(=O)N1CCC[C@@H]1C(=O)O. The summed E-state index contributed by atoms with van der Waals surface area (Å²) in [4.78, 5) is 24.6. The van der Waals surface area contributed by atoms with Crippen LogP contribution < -0.4 is 4.74 Å². The number of carbonyl (C=O) groups is 2. The normalized spacial score (nSPS) is 18.1. The van der Waals surface area contributed by atoms with Crippen LogP contribution in [0.3, 0.4) is 0 Å². The van der Waals surface area contributed by atoms with Crippen LogP contribution in [0.1, 0.15) is 25.3 Å². The average Bonchev–Trinajstić information content (AvgIpc) is 2.96. The number of carbonyl (C=O) groups excluding carboxylic acids is 1. The second-order valence-corrected chi connectivity index (χ2v) is 4.83. The van der Waals surface area contributed by atoms with Crippen LogP contribution >= 0.6 is 0 Å². The van der Waals surface area contributed by atoms with Gasteiger partial charge in [0, 0.05) is 18.2 Å². The van der Waals surface area contributed by atoms with Crippen LogP contribution in [0.25, 0.3) is 6.08 Å². The van der Waals surface area contributed by atoms with Crippen molar-refractivity contribution in [1.82, 2.24) is 4.90 Å². The van der Waals surface area contributed by atoms with Crippen molar-refractivity contribution in [2.75, 3.05) is 13.2 Å². The van der Waals surface area contributed by atoms with Gasteiger partial charge in [-0.25, -0.2) is 4.79 Å². The van der Waals surface area contributed by atoms with Gasteiger partial charge in [-0.15, -0.1) is 0 Å². The van der Waals surface area contributed by atoms with Crippen molar-refractivity contribution in [2.24, 2.45) is 0 Å². The van der Waals surface area contributed by atoms with Crippen LogP contribution in [0, 0.1) is 0 Å². The van der Waals surface area contributed by atoms with Crippen LogP contribution in [0.15, 0.2) is 30.3 Å². The predicted octanol–water partition coefficient (Wildman–Crippen LogP) is 2.17. The molecule has 1 heterocycles. The van der Waals surface area contributed by atoms with Gasteiger partial charge >= 0.3 is 5.97 Å². The van der Waals surface area contributed by atoms with E-state index in [2.05, 4.69) is 0 Å². The lowest BCUT2D eigenvalue weighted by atomic mass is 10.2. The van der Waals surface area contributed by atoms with Crippen molar-refractivity contribution < 1.29 is 19.4 Å². The molecule has 1 aromatic rings. The summed E-state index contributed by atoms with van der Waals surface area (Å²) in [6.45, 7) is 2.94. The van der Waals surface area contributed by atoms with E-state index in [4.69, 9.17) is 9.84 Å². The molecular weight excluding hydrogens is 270 g/mol. The molecule has 0 bridgehead atoms. The molecule has 5 heteroatoms. The molecule has 1 saturated heterocycles. The molecule has 0 spiro atoms. The minimum atomic E-state index is -0.941. The highest BCUT2D eigenvalue weighted by molar-refractivity contribution is 5.95. The lowest BCUT2D eigenvalue weighted by Gasteiger charge is -2.19. The Balaban J connectivity index is 2.10. The molecule has 0 aliphatic carbocycles. The van der Waals surface area contributed by atoms with E-state index in [0.29, 0.717) is 25.3 Å². The minimum Gasteiger partial charge on any atom is -0.493 e. The van der Waals surface area contributed by atoms with Crippen molar-refractivity contribution in [3.8, 4) is 5.75 Å². The first-order chi connectivity index (χ1) is 10.1. The highest BCUT2D eigenvalue weighted by atomic mass is 16.5. The second kappa shape index (κ2) is 6.92. The van der Waals surface area contributed by atoms with Crippen molar-refractivity contribution in [3.63, 3.8) is 0 Å². The third kappa shape index (κ3) is 3.62. The van der Waals surface area contributed by atoms with E-state index in [9.17, 15) is 9.59 Å². The maximum Gasteiger partial charge on any atom is 0.326 e. The Morgan fingerprint density at radius 1 is 1.43 bits per heavy atom. The molecule has 0 radical (unpaired) electrons. The summed E-state index contributed by atoms with van der Waals surface area (Å²) < 4.78 is 5.48. The lowest BCUT2D eigenvalue weighted by Crippen LogP contribution is -2.39. The molecule has 1 aromatic carbocycles. The Labute approximate surface area is 123 Å². The van der Waals surface area contributed by atoms with E-state index >= 15 is 0 Å². The van der Waals surface area contributed by atoms with Gasteiger partial charge in [0.2, 0.25) is 5.91 Å². The number of hydrogen-bond acceptors (Lipinski definition) is 3. The number of carboxylic acids is 1. The highest BCUT2D eigenvalue weighted by Gasteiger charge is 2.32. The van der Waals surface area contributed by atoms with Crippen LogP contribution in [-0.4, -0.2) is 41.1 Å². The molecule has 112 valence electrons. The first-order valence-corrected chi connectivity index (χ1v) is 7.06. The molecule has 1 aliphatic rings. The van der Waals surface area contributed by atoms with E-state index in [-0.39, 0.29) is 5.91 Å². The van der Waals surface area contributed by atoms with Gasteiger partial charge < -0.3 is 14.7 Å². The van der Waals surface area contributed by atoms with Gasteiger partial charge in [0.25, 0.3) is 0 Å². The van der Waals surface area contributed by atoms with Gasteiger partial charge in [0.1, 0.15) is 11.8 Å². The van der Waals surface area contributed by atoms with Crippen molar-refractivity contribution in [2.45, 2.75) is 25.8 Å². The zero-order chi connectivity index (χ0) is 15.2. The Hall–Kier alpha value is -2.30. The summed E-state index contributed by atoms with van der Waals surface area (Å²) in [6.07, 6.45) is 4.33. The number of hydrogen-bond donors (Lipinski definition) is 1. The van der Waals surface area contributed by atoms with Gasteiger partial charge in [-0.3, -0.25) is 4.79 Å². The average molecular weight is 289 g/mol. The number of amides is 1. The van der Waals surface area contributed by atoms with Gasteiger partial charge in [0.05, 0.1) is 6.61 Å². The molecule has 0 aromatic heterocycles. The van der Waals surface area contributed by atoms with Crippen LogP contribution in [-0.2, 0) is 9.59 Å². The number of carboxylic acid groups (broad SMARTS) is 1. The minimum absolute atomic E-state index is 0.272. The second-order valence-electron chi connectivity index (χ2n) is 4.83. The van der Waals surface area contributed by atoms with Crippen molar-refractivity contribution in [3.05, 3.63) is 35.9 Å². The van der Waals surface area contributed by atoms with Gasteiger partial charge in [-0.05, 0) is 31.9 Å². The van der Waals surface area contributed by atoms with Crippen molar-refractivity contribution in [1.29, 1.82) is 0 Å². The molecular formula is C16H19NO4. The maximum atomic E-state index is 12.1. The number of rotatable bonds is 5. The highest BCUT2D eigenvalue weighted by Crippen LogP contribution is 2.21. The van der Waals surface area contributed by atoms with E-state index in [1.807, 2.05) is 31.2 Å². The van der Waals surface area contributed by atoms with E-state index in [1.54, 1.807) is 6.08 Å². The number of para-hydroxylation sites is 1. The molecule has 1 aliphatic heterocycles. The number of nitrogens with zero attached hydrogens (tertiary/aromatic N) is 1. The van der Waals surface area contributed by atoms with Crippen molar-refractivity contribution >= 4 is 18.0 Å². The van der Waals surface area contributed by atoms with E-state index < -0.39 is 12.0 Å². The standard InChI is InChI=1S/C16H19NO4/c1-2-21-14-8-4-3-6-12(14)9-10-15(18)17-11-5-7-13(17)16(19)20/h3-4,6,8-10,13H,2,5,7,11H2,1H3,(H,19,20)/b10-9+/t13-/m1/s1. The van der Waals surface area contributed by atoms with Gasteiger partial charge in [0.15, 0.2) is 0 Å². The van der Waals surface area contributed by atoms with Gasteiger partial charge in [-0.1, -0.05) is 18.2 Å². The molecule has 0 unspecified atom stereocenters. The summed E-state index contributed by atoms with van der Waals surface area (Å²) in [7, 11) is 0. The predicted molar refractivity (Wildman–Crippen MR) is 79.0 cm³/mol. The number of ether oxygens (including phenoxy) is 1. The van der Waals surface area contributed by atoms with Gasteiger partial charge in [-0.2, -0.15) is 0 Å². The molecule has 5 nitrogen and oxygen atoms in total. The largest absolute Gasteiger partial charge is 0.493 e. The summed E-state index contributed by atoms with van der Waals surface area (Å²) in [5, 5.41) is 9.09. The summed E-state index contributed by atoms with van der Waals surface area (Å²) >= 11 is 0. The molecule has 1 amide bonds. The summed E-state index contributed by atoms with van der Waals surface area (Å²) in [6, 6.07) is 6.72. The Kier molecular flexibility index (Phi) is 4.98. The first-order valence-electron chi connectivity index (χ1n) is 7.06. The van der Waals surface area contributed by atoms with E-state index in [1.165, 1.54) is 11.0 Å². The van der Waals surface area contributed by atoms with Crippen LogP contribution in [0.5, 0.6) is 5.75 Å². The Morgan fingerprint density at radius 2 is 2.19 bits per heavy atom. The first kappa shape index (κ1) is 15.1. The molecule has 1 fully saturated rings. The molecule has 21 heavy (non-hydrogen) atoms. The maximum absolute atomic E-state index is 12.1. The Bertz CT molecular complexity index is 553. The quantitative estimate of drug-likeness (QED) is 0.844. The third-order valence-electron chi connectivity index (χ3n) is 3.45. The molecule has 1 N–H and O–H groups in total. The summed E-state index contributed by atoms with van der Waals surface area (Å²) in [5.41, 5.74) is 0.804. The number of benzene rings is 1. The van der Waals surface area contributed by atoms with Crippen LogP contribution in [0.4, 0.5) is 0 Å². The van der Waals surface area contributed by atoms with Crippen LogP contribution in [0.2, 0.25) is 0 Å². The lowest BCUT2D eigenvalue weighted by molar-refractivity contribution is -0.146. The third-order valence-corrected chi connectivity index (χ3v) is 3.45. The molecule has 2 rings (SSSR count). The molecule has 1 atom stereocenters. The Morgan fingerprint density at radius 3 is 2.90 bits per heavy atom. The topological polar surface area (TPSA) is 66.8 Å². The number of likely N-dealkylation sites (tertiary alicyclic amines) is 1. The zero-order valence-corrected chi connectivity index (χ0v) is 12.0. The zero-order valence-electron chi connectivity index (χ0n) is 12.0. The fourth-order valence-electron chi connectivity index (χ4n) is 2.45. The number of aliphatic carboxylic acids is 1. The monoisotopic (exact) mass is 289 g/mol. The van der Waals surface area contributed by atoms with E-state index in [0.717, 1.165) is 12.0 Å². The smallest absolute Gasteiger partial charge is 0.326 e. The fraction of sp³-hybridized carbons (Fsp3) is 0.375.